The Morgan fingerprint density at radius 1 is 0.709 bits per heavy atom. The van der Waals surface area contributed by atoms with Gasteiger partial charge < -0.3 is 30.7 Å². The molecule has 302 valence electrons. The van der Waals surface area contributed by atoms with Gasteiger partial charge in [0.2, 0.25) is 23.6 Å². The Kier molecular flexibility index (Phi) is 15.2. The second kappa shape index (κ2) is 19.1. The summed E-state index contributed by atoms with van der Waals surface area (Å²) in [6.07, 6.45) is 0.406. The number of nitrogens with one attached hydrogen (secondary N) is 5. The molecule has 0 saturated carbocycles. The highest BCUT2D eigenvalue weighted by Gasteiger charge is 2.45. The van der Waals surface area contributed by atoms with Gasteiger partial charge in [0.15, 0.2) is 5.78 Å². The number of ketones is 1. The molecule has 12 heteroatoms. The molecule has 0 radical (unpaired) electrons. The van der Waals surface area contributed by atoms with Crippen molar-refractivity contribution in [1.82, 2.24) is 26.6 Å². The van der Waals surface area contributed by atoms with Gasteiger partial charge in [-0.3, -0.25) is 29.3 Å². The SMILES string of the molecule is Cc1ccc(C[C@@H]2NC(=O)[C@H](CC(C)C)NC(=O)[C@H](Cc3ccccc3)NC(=O)[C@H]([C@@H](C)OC(C)(C)C)NC3(CCC(=O)[C@H](C(C)C)NC2=O)COC3)cc1. The lowest BCUT2D eigenvalue weighted by atomic mass is 9.86. The van der Waals surface area contributed by atoms with Crippen LogP contribution in [0.1, 0.15) is 91.3 Å². The van der Waals surface area contributed by atoms with Crippen LogP contribution in [-0.2, 0) is 46.3 Å². The predicted octanol–water partition coefficient (Wildman–Crippen LogP) is 3.72. The third-order valence-corrected chi connectivity index (χ3v) is 10.1. The molecule has 2 aliphatic rings. The topological polar surface area (TPSA) is 164 Å². The van der Waals surface area contributed by atoms with Crippen molar-refractivity contribution in [3.63, 3.8) is 0 Å². The zero-order valence-electron chi connectivity index (χ0n) is 34.1. The van der Waals surface area contributed by atoms with Gasteiger partial charge in [0.25, 0.3) is 0 Å². The summed E-state index contributed by atoms with van der Waals surface area (Å²) < 4.78 is 12.0. The van der Waals surface area contributed by atoms with Gasteiger partial charge in [-0.05, 0) is 70.4 Å². The average molecular weight is 762 g/mol. The number of aryl methyl sites for hydroxylation is 1. The smallest absolute Gasteiger partial charge is 0.243 e. The van der Waals surface area contributed by atoms with E-state index in [1.54, 1.807) is 6.92 Å². The summed E-state index contributed by atoms with van der Waals surface area (Å²) in [7, 11) is 0. The first kappa shape index (κ1) is 43.6. The van der Waals surface area contributed by atoms with Crippen LogP contribution in [0.2, 0.25) is 0 Å². The Labute approximate surface area is 327 Å². The minimum absolute atomic E-state index is 0.00625. The van der Waals surface area contributed by atoms with Crippen LogP contribution in [0.15, 0.2) is 54.6 Å². The molecule has 0 aliphatic carbocycles. The van der Waals surface area contributed by atoms with Crippen molar-refractivity contribution in [2.24, 2.45) is 11.8 Å². The van der Waals surface area contributed by atoms with E-state index in [2.05, 4.69) is 26.6 Å². The van der Waals surface area contributed by atoms with Crippen LogP contribution in [0, 0.1) is 18.8 Å². The summed E-state index contributed by atoms with van der Waals surface area (Å²) >= 11 is 0. The molecule has 0 aromatic heterocycles. The van der Waals surface area contributed by atoms with E-state index >= 15 is 0 Å². The number of hydrogen-bond donors (Lipinski definition) is 5. The molecule has 0 unspecified atom stereocenters. The van der Waals surface area contributed by atoms with Crippen molar-refractivity contribution in [3.05, 3.63) is 71.3 Å². The number of carbonyl (C=O) groups excluding carboxylic acids is 5. The second-order valence-electron chi connectivity index (χ2n) is 17.2. The number of carbonyl (C=O) groups is 5. The summed E-state index contributed by atoms with van der Waals surface area (Å²) in [5, 5.41) is 15.3. The molecule has 12 nitrogen and oxygen atoms in total. The average Bonchev–Trinajstić information content (AvgIpc) is 3.08. The Bertz CT molecular complexity index is 1620. The van der Waals surface area contributed by atoms with E-state index in [-0.39, 0.29) is 56.5 Å². The Morgan fingerprint density at radius 3 is 1.76 bits per heavy atom. The highest BCUT2D eigenvalue weighted by Crippen LogP contribution is 2.27. The van der Waals surface area contributed by atoms with Gasteiger partial charge in [0.1, 0.15) is 24.2 Å². The van der Waals surface area contributed by atoms with E-state index in [4.69, 9.17) is 9.47 Å². The summed E-state index contributed by atoms with van der Waals surface area (Å²) in [6, 6.07) is 12.2. The molecule has 55 heavy (non-hydrogen) atoms. The molecule has 0 bridgehead atoms. The van der Waals surface area contributed by atoms with Gasteiger partial charge in [0, 0.05) is 19.3 Å². The fourth-order valence-electron chi connectivity index (χ4n) is 7.13. The molecule has 5 N–H and O–H groups in total. The number of Topliss-reactive ketones (excluding diaryl/α,β-unsaturated/α-hetero) is 1. The lowest BCUT2D eigenvalue weighted by Crippen LogP contribution is -2.69. The molecule has 1 spiro atoms. The molecular formula is C43H63N5O7. The van der Waals surface area contributed by atoms with Crippen LogP contribution in [0.25, 0.3) is 0 Å². The standard InChI is InChI=1S/C43H63N5O7/c1-26(2)21-32-38(50)45-34(23-31-17-15-28(5)16-18-31)40(52)47-36(27(3)4)35(49)19-20-43(24-54-25-43)48-37(29(6)55-42(7,8)9)41(53)46-33(39(51)44-32)22-30-13-11-10-12-14-30/h10-18,26-27,29,32-34,36-37,48H,19-25H2,1-9H3,(H,44,51)(H,45,50)(H,46,53)(H,47,52)/t29-,32+,33+,34+,36+,37+/m1/s1. The monoisotopic (exact) mass is 761 g/mol. The maximum Gasteiger partial charge on any atom is 0.243 e. The minimum atomic E-state index is -1.06. The number of ether oxygens (including phenoxy) is 2. The van der Waals surface area contributed by atoms with Crippen LogP contribution < -0.4 is 26.6 Å². The van der Waals surface area contributed by atoms with Crippen molar-refractivity contribution in [1.29, 1.82) is 0 Å². The van der Waals surface area contributed by atoms with Gasteiger partial charge in [0.05, 0.1) is 36.5 Å². The third-order valence-electron chi connectivity index (χ3n) is 10.1. The Hall–Kier alpha value is -4.13. The first-order valence-electron chi connectivity index (χ1n) is 19.7. The molecule has 4 rings (SSSR count). The highest BCUT2D eigenvalue weighted by atomic mass is 16.5. The molecular weight excluding hydrogens is 699 g/mol. The van der Waals surface area contributed by atoms with Gasteiger partial charge >= 0.3 is 0 Å². The molecule has 2 aliphatic heterocycles. The van der Waals surface area contributed by atoms with E-state index in [0.29, 0.717) is 6.42 Å². The summed E-state index contributed by atoms with van der Waals surface area (Å²) in [4.78, 5) is 71.0. The summed E-state index contributed by atoms with van der Waals surface area (Å²) in [5.74, 6) is -2.42. The zero-order chi connectivity index (χ0) is 40.5. The fraction of sp³-hybridized carbons (Fsp3) is 0.605. The van der Waals surface area contributed by atoms with E-state index in [0.717, 1.165) is 16.7 Å². The van der Waals surface area contributed by atoms with E-state index < -0.39 is 71.1 Å². The molecule has 4 amide bonds. The molecule has 6 atom stereocenters. The number of benzene rings is 2. The van der Waals surface area contributed by atoms with Crippen molar-refractivity contribution in [2.45, 2.75) is 142 Å². The Morgan fingerprint density at radius 2 is 1.24 bits per heavy atom. The molecule has 2 aromatic carbocycles. The quantitative estimate of drug-likeness (QED) is 0.258. The maximum atomic E-state index is 14.4. The van der Waals surface area contributed by atoms with E-state index in [1.807, 2.05) is 110 Å². The molecule has 2 fully saturated rings. The lowest BCUT2D eigenvalue weighted by Gasteiger charge is -2.46. The summed E-state index contributed by atoms with van der Waals surface area (Å²) in [6.45, 7) is 17.6. The predicted molar refractivity (Wildman–Crippen MR) is 212 cm³/mol. The molecule has 2 saturated heterocycles. The molecule has 2 aromatic rings. The first-order chi connectivity index (χ1) is 25.8. The lowest BCUT2D eigenvalue weighted by molar-refractivity contribution is -0.144. The van der Waals surface area contributed by atoms with Crippen LogP contribution >= 0.6 is 0 Å². The Balaban J connectivity index is 1.78. The van der Waals surface area contributed by atoms with Gasteiger partial charge in [-0.15, -0.1) is 0 Å². The van der Waals surface area contributed by atoms with Crippen molar-refractivity contribution in [2.75, 3.05) is 13.2 Å². The maximum absolute atomic E-state index is 14.4. The normalized spacial score (nSPS) is 25.3. The van der Waals surface area contributed by atoms with Gasteiger partial charge in [-0.2, -0.15) is 0 Å². The number of amides is 4. The fourth-order valence-corrected chi connectivity index (χ4v) is 7.13. The molecule has 2 heterocycles. The van der Waals surface area contributed by atoms with Crippen molar-refractivity contribution < 1.29 is 33.4 Å². The van der Waals surface area contributed by atoms with Crippen LogP contribution in [0.3, 0.4) is 0 Å². The van der Waals surface area contributed by atoms with Crippen molar-refractivity contribution in [3.8, 4) is 0 Å². The number of rotatable bonds is 9. The summed E-state index contributed by atoms with van der Waals surface area (Å²) in [5.41, 5.74) is 1.37. The van der Waals surface area contributed by atoms with Gasteiger partial charge in [-0.25, -0.2) is 0 Å². The van der Waals surface area contributed by atoms with Crippen molar-refractivity contribution >= 4 is 29.4 Å². The van der Waals surface area contributed by atoms with Crippen LogP contribution in [-0.4, -0.2) is 90.1 Å². The second-order valence-corrected chi connectivity index (χ2v) is 17.2. The van der Waals surface area contributed by atoms with E-state index in [9.17, 15) is 24.0 Å². The largest absolute Gasteiger partial charge is 0.377 e. The van der Waals surface area contributed by atoms with Gasteiger partial charge in [-0.1, -0.05) is 87.9 Å². The third kappa shape index (κ3) is 13.0. The van der Waals surface area contributed by atoms with E-state index in [1.165, 1.54) is 0 Å². The minimum Gasteiger partial charge on any atom is -0.377 e. The highest BCUT2D eigenvalue weighted by molar-refractivity contribution is 5.96. The zero-order valence-corrected chi connectivity index (χ0v) is 34.1. The van der Waals surface area contributed by atoms with Crippen LogP contribution in [0.4, 0.5) is 0 Å². The number of hydrogen-bond acceptors (Lipinski definition) is 8. The first-order valence-corrected chi connectivity index (χ1v) is 19.7. The van der Waals surface area contributed by atoms with Crippen LogP contribution in [0.5, 0.6) is 0 Å².